The van der Waals surface area contributed by atoms with Crippen molar-refractivity contribution in [1.82, 2.24) is 0 Å². The van der Waals surface area contributed by atoms with Crippen LogP contribution < -0.4 is 9.64 Å². The molecule has 21 heavy (non-hydrogen) atoms. The van der Waals surface area contributed by atoms with E-state index in [4.69, 9.17) is 14.9 Å². The van der Waals surface area contributed by atoms with Gasteiger partial charge in [-0.25, -0.2) is 0 Å². The monoisotopic (exact) mass is 295 g/mol. The summed E-state index contributed by atoms with van der Waals surface area (Å²) in [5.41, 5.74) is 0.716. The molecule has 116 valence electrons. The standard InChI is InChI=1S/C15H21NO5/c1-11(2)21-13-6-4-3-5-12(13)16(9-7-14(17)18)10-8-15(19)20/h3-6,11H,7-10H2,1-2H3,(H,17,18)(H,19,20). The number of ether oxygens (including phenoxy) is 1. The fourth-order valence-corrected chi connectivity index (χ4v) is 1.89. The number of carboxylic acid groups (broad SMARTS) is 2. The Morgan fingerprint density at radius 3 is 2.10 bits per heavy atom. The van der Waals surface area contributed by atoms with Crippen LogP contribution in [0.15, 0.2) is 24.3 Å². The molecule has 0 aliphatic rings. The molecule has 1 aromatic rings. The Kier molecular flexibility index (Phi) is 6.52. The van der Waals surface area contributed by atoms with Crippen molar-refractivity contribution in [3.63, 3.8) is 0 Å². The zero-order valence-electron chi connectivity index (χ0n) is 12.3. The Bertz CT molecular complexity index is 469. The highest BCUT2D eigenvalue weighted by Crippen LogP contribution is 2.29. The molecule has 0 radical (unpaired) electrons. The molecule has 0 amide bonds. The number of nitrogens with zero attached hydrogens (tertiary/aromatic N) is 1. The molecule has 0 unspecified atom stereocenters. The van der Waals surface area contributed by atoms with Gasteiger partial charge in [-0.05, 0) is 26.0 Å². The maximum Gasteiger partial charge on any atom is 0.305 e. The van der Waals surface area contributed by atoms with E-state index in [0.29, 0.717) is 11.4 Å². The van der Waals surface area contributed by atoms with E-state index in [1.54, 1.807) is 17.0 Å². The third-order valence-corrected chi connectivity index (χ3v) is 2.76. The minimum absolute atomic E-state index is 0.0213. The van der Waals surface area contributed by atoms with E-state index in [1.807, 2.05) is 26.0 Å². The Labute approximate surface area is 124 Å². The van der Waals surface area contributed by atoms with Gasteiger partial charge in [-0.2, -0.15) is 0 Å². The first-order valence-electron chi connectivity index (χ1n) is 6.84. The molecule has 0 fully saturated rings. The molecular formula is C15H21NO5. The summed E-state index contributed by atoms with van der Waals surface area (Å²) in [4.78, 5) is 23.3. The summed E-state index contributed by atoms with van der Waals surface area (Å²) in [6, 6.07) is 7.25. The van der Waals surface area contributed by atoms with Gasteiger partial charge < -0.3 is 19.8 Å². The summed E-state index contributed by atoms with van der Waals surface area (Å²) < 4.78 is 5.70. The van der Waals surface area contributed by atoms with E-state index in [1.165, 1.54) is 0 Å². The van der Waals surface area contributed by atoms with Gasteiger partial charge in [0.25, 0.3) is 0 Å². The maximum atomic E-state index is 10.8. The topological polar surface area (TPSA) is 87.1 Å². The highest BCUT2D eigenvalue weighted by atomic mass is 16.5. The van der Waals surface area contributed by atoms with Crippen LogP contribution in [0.1, 0.15) is 26.7 Å². The van der Waals surface area contributed by atoms with Crippen molar-refractivity contribution >= 4 is 17.6 Å². The van der Waals surface area contributed by atoms with E-state index in [9.17, 15) is 9.59 Å². The quantitative estimate of drug-likeness (QED) is 0.726. The van der Waals surface area contributed by atoms with Crippen LogP contribution in [-0.4, -0.2) is 41.3 Å². The fraction of sp³-hybridized carbons (Fsp3) is 0.467. The molecule has 0 aromatic heterocycles. The molecule has 0 aliphatic heterocycles. The number of carboxylic acids is 2. The van der Waals surface area contributed by atoms with Crippen molar-refractivity contribution in [1.29, 1.82) is 0 Å². The molecular weight excluding hydrogens is 274 g/mol. The molecule has 0 spiro atoms. The summed E-state index contributed by atoms with van der Waals surface area (Å²) in [6.45, 7) is 4.27. The lowest BCUT2D eigenvalue weighted by molar-refractivity contribution is -0.137. The molecule has 6 nitrogen and oxygen atoms in total. The number of para-hydroxylation sites is 2. The first-order valence-corrected chi connectivity index (χ1v) is 6.84. The van der Waals surface area contributed by atoms with Gasteiger partial charge in [0.05, 0.1) is 24.6 Å². The minimum atomic E-state index is -0.919. The van der Waals surface area contributed by atoms with Crippen molar-refractivity contribution in [2.75, 3.05) is 18.0 Å². The normalized spacial score (nSPS) is 10.4. The van der Waals surface area contributed by atoms with Crippen LogP contribution in [-0.2, 0) is 9.59 Å². The van der Waals surface area contributed by atoms with Crippen molar-refractivity contribution < 1.29 is 24.5 Å². The Morgan fingerprint density at radius 1 is 1.10 bits per heavy atom. The summed E-state index contributed by atoms with van der Waals surface area (Å²) in [7, 11) is 0. The smallest absolute Gasteiger partial charge is 0.305 e. The van der Waals surface area contributed by atoms with Crippen LogP contribution in [0.4, 0.5) is 5.69 Å². The molecule has 1 rings (SSSR count). The van der Waals surface area contributed by atoms with E-state index in [0.717, 1.165) is 0 Å². The van der Waals surface area contributed by atoms with E-state index in [2.05, 4.69) is 0 Å². The van der Waals surface area contributed by atoms with Crippen molar-refractivity contribution in [2.24, 2.45) is 0 Å². The van der Waals surface area contributed by atoms with Crippen LogP contribution in [0.5, 0.6) is 5.75 Å². The molecule has 1 aromatic carbocycles. The maximum absolute atomic E-state index is 10.8. The van der Waals surface area contributed by atoms with Crippen molar-refractivity contribution in [3.8, 4) is 5.75 Å². The van der Waals surface area contributed by atoms with Crippen LogP contribution in [0.3, 0.4) is 0 Å². The van der Waals surface area contributed by atoms with Crippen molar-refractivity contribution in [3.05, 3.63) is 24.3 Å². The number of rotatable bonds is 9. The minimum Gasteiger partial charge on any atom is -0.489 e. The van der Waals surface area contributed by atoms with Gasteiger partial charge in [0, 0.05) is 13.1 Å². The van der Waals surface area contributed by atoms with E-state index in [-0.39, 0.29) is 32.0 Å². The molecule has 0 saturated carbocycles. The van der Waals surface area contributed by atoms with Crippen LogP contribution in [0.25, 0.3) is 0 Å². The summed E-state index contributed by atoms with van der Waals surface area (Å²) in [5, 5.41) is 17.7. The molecule has 0 heterocycles. The number of aliphatic carboxylic acids is 2. The largest absolute Gasteiger partial charge is 0.489 e. The zero-order valence-corrected chi connectivity index (χ0v) is 12.3. The van der Waals surface area contributed by atoms with E-state index >= 15 is 0 Å². The average Bonchev–Trinajstić information content (AvgIpc) is 2.39. The number of carbonyl (C=O) groups is 2. The summed E-state index contributed by atoms with van der Waals surface area (Å²) in [5.74, 6) is -1.21. The molecule has 6 heteroatoms. The van der Waals surface area contributed by atoms with Gasteiger partial charge in [0.15, 0.2) is 0 Å². The SMILES string of the molecule is CC(C)Oc1ccccc1N(CCC(=O)O)CCC(=O)O. The van der Waals surface area contributed by atoms with Crippen LogP contribution in [0, 0.1) is 0 Å². The van der Waals surface area contributed by atoms with Gasteiger partial charge >= 0.3 is 11.9 Å². The highest BCUT2D eigenvalue weighted by molar-refractivity contribution is 5.70. The van der Waals surface area contributed by atoms with Gasteiger partial charge in [-0.15, -0.1) is 0 Å². The predicted molar refractivity (Wildman–Crippen MR) is 78.9 cm³/mol. The second-order valence-corrected chi connectivity index (χ2v) is 4.91. The Balaban J connectivity index is 2.94. The zero-order chi connectivity index (χ0) is 15.8. The van der Waals surface area contributed by atoms with Crippen molar-refractivity contribution in [2.45, 2.75) is 32.8 Å². The lowest BCUT2D eigenvalue weighted by Gasteiger charge is -2.26. The molecule has 0 saturated heterocycles. The van der Waals surface area contributed by atoms with Gasteiger partial charge in [-0.1, -0.05) is 12.1 Å². The summed E-state index contributed by atoms with van der Waals surface area (Å²) in [6.07, 6.45) is -0.141. The van der Waals surface area contributed by atoms with Gasteiger partial charge in [0.1, 0.15) is 5.75 Å². The molecule has 0 atom stereocenters. The molecule has 2 N–H and O–H groups in total. The third kappa shape index (κ3) is 6.16. The number of hydrogen-bond acceptors (Lipinski definition) is 4. The summed E-state index contributed by atoms with van der Waals surface area (Å²) >= 11 is 0. The first kappa shape index (κ1) is 16.8. The Morgan fingerprint density at radius 2 is 1.62 bits per heavy atom. The van der Waals surface area contributed by atoms with Gasteiger partial charge in [0.2, 0.25) is 0 Å². The third-order valence-electron chi connectivity index (χ3n) is 2.76. The molecule has 0 bridgehead atoms. The Hall–Kier alpha value is -2.24. The second kappa shape index (κ2) is 8.14. The second-order valence-electron chi connectivity index (χ2n) is 4.91. The lowest BCUT2D eigenvalue weighted by atomic mass is 10.2. The first-order chi connectivity index (χ1) is 9.90. The molecule has 0 aliphatic carbocycles. The number of anilines is 1. The number of hydrogen-bond donors (Lipinski definition) is 2. The van der Waals surface area contributed by atoms with Crippen LogP contribution in [0.2, 0.25) is 0 Å². The fourth-order valence-electron chi connectivity index (χ4n) is 1.89. The van der Waals surface area contributed by atoms with E-state index < -0.39 is 11.9 Å². The highest BCUT2D eigenvalue weighted by Gasteiger charge is 2.15. The van der Waals surface area contributed by atoms with Crippen LogP contribution >= 0.6 is 0 Å². The number of benzene rings is 1. The van der Waals surface area contributed by atoms with Gasteiger partial charge in [-0.3, -0.25) is 9.59 Å². The lowest BCUT2D eigenvalue weighted by Crippen LogP contribution is -2.29. The predicted octanol–water partition coefficient (Wildman–Crippen LogP) is 2.23. The average molecular weight is 295 g/mol.